The number of nitrogens with two attached hydrogens (primary N) is 1. The standard InChI is InChI=1S/C27H28F3N7O7S.C4H10N2O.C2H7P/c1-16-6-11-23(41)37(16)12-4-2-3-5-20(38)31-13-21(39)32-14-22(40)34-25-35-24(27(28,29)30)19(45-25)15-44-26(42)33-17-7-9-18(36-43)10-8-17;1-2-3-6-4(5)7;1-2-3/h6-11H,1-5,12-15H2,(H,31,38)(H,32,39)(H,33,42)(H,34,35,40);2-3H2,1H3,(H3,5,6,7);2-3H2,1H3. The highest BCUT2D eigenvalue weighted by atomic mass is 32.1. The van der Waals surface area contributed by atoms with Gasteiger partial charge in [-0.1, -0.05) is 38.2 Å². The maximum atomic E-state index is 13.5. The maximum absolute atomic E-state index is 13.5. The van der Waals surface area contributed by atoms with Crippen LogP contribution in [-0.2, 0) is 36.7 Å². The van der Waals surface area contributed by atoms with Gasteiger partial charge in [-0.2, -0.15) is 13.2 Å². The van der Waals surface area contributed by atoms with Crippen LogP contribution in [0.5, 0.6) is 0 Å². The zero-order valence-corrected chi connectivity index (χ0v) is 32.2. The van der Waals surface area contributed by atoms with Crippen LogP contribution in [0.2, 0.25) is 0 Å². The van der Waals surface area contributed by atoms with Gasteiger partial charge >= 0.3 is 18.3 Å². The lowest BCUT2D eigenvalue weighted by molar-refractivity contribution is -0.141. The van der Waals surface area contributed by atoms with E-state index in [1.165, 1.54) is 41.4 Å². The fourth-order valence-corrected chi connectivity index (χ4v) is 4.92. The Balaban J connectivity index is 0.00000134. The number of halogens is 3. The molecule has 1 aromatic heterocycles. The number of hydrogen-bond donors (Lipinski definition) is 6. The maximum Gasteiger partial charge on any atom is 0.434 e. The van der Waals surface area contributed by atoms with Crippen molar-refractivity contribution in [3.63, 3.8) is 0 Å². The number of thiazole rings is 1. The van der Waals surface area contributed by atoms with E-state index in [9.17, 15) is 46.8 Å². The zero-order chi connectivity index (χ0) is 41.4. The SMILES string of the molecule is C=C1C=CC(=O)N1CCCCCC(=O)NCC(=O)NCC(=O)Nc1nc(C(F)(F)F)c(COC(=O)Nc2ccc(N=O)cc2)s1.CCCNC(N)=O.CCP. The Bertz CT molecular complexity index is 1640. The number of unbranched alkanes of at least 4 members (excludes halogenated alkanes) is 2. The molecule has 3 rings (SSSR count). The molecule has 2 aromatic rings. The van der Waals surface area contributed by atoms with E-state index in [4.69, 9.17) is 10.5 Å². The van der Waals surface area contributed by atoms with E-state index in [1.807, 2.05) is 6.92 Å². The molecule has 0 bridgehead atoms. The molecule has 55 heavy (non-hydrogen) atoms. The predicted octanol–water partition coefficient (Wildman–Crippen LogP) is 4.90. The monoisotopic (exact) mass is 815 g/mol. The first kappa shape index (κ1) is 47.6. The molecule has 0 radical (unpaired) electrons. The Kier molecular flexibility index (Phi) is 22.1. The molecule has 1 unspecified atom stereocenters. The number of nitrogens with one attached hydrogen (secondary N) is 5. The second kappa shape index (κ2) is 25.6. The lowest BCUT2D eigenvalue weighted by Gasteiger charge is -2.16. The van der Waals surface area contributed by atoms with Crippen LogP contribution in [0.15, 0.2) is 53.9 Å². The molecule has 7 N–H and O–H groups in total. The third-order valence-corrected chi connectivity index (χ3v) is 7.47. The van der Waals surface area contributed by atoms with Crippen LogP contribution < -0.4 is 32.3 Å². The number of nitrogens with zero attached hydrogens (tertiary/aromatic N) is 3. The van der Waals surface area contributed by atoms with Crippen LogP contribution in [0, 0.1) is 4.91 Å². The minimum Gasteiger partial charge on any atom is -0.444 e. The molecule has 0 saturated carbocycles. The van der Waals surface area contributed by atoms with Crippen molar-refractivity contribution in [2.45, 2.75) is 58.7 Å². The first-order chi connectivity index (χ1) is 26.0. The molecule has 302 valence electrons. The summed E-state index contributed by atoms with van der Waals surface area (Å²) in [6.07, 6.45) is 1.17. The number of urea groups is 1. The van der Waals surface area contributed by atoms with E-state index in [-0.39, 0.29) is 23.7 Å². The van der Waals surface area contributed by atoms with E-state index in [2.05, 4.69) is 59.5 Å². The highest BCUT2D eigenvalue weighted by Crippen LogP contribution is 2.36. The number of amides is 7. The van der Waals surface area contributed by atoms with Crippen molar-refractivity contribution >= 4 is 72.8 Å². The van der Waals surface area contributed by atoms with Crippen molar-refractivity contribution in [1.82, 2.24) is 25.8 Å². The van der Waals surface area contributed by atoms with Crippen LogP contribution in [0.4, 0.5) is 39.3 Å². The average molecular weight is 816 g/mol. The van der Waals surface area contributed by atoms with Crippen molar-refractivity contribution in [3.05, 3.63) is 64.2 Å². The normalized spacial score (nSPS) is 11.6. The summed E-state index contributed by atoms with van der Waals surface area (Å²) in [5, 5.41) is 13.7. The molecule has 0 aliphatic carbocycles. The number of hydrogen-bond acceptors (Lipinski definition) is 11. The topological polar surface area (TPSA) is 243 Å². The van der Waals surface area contributed by atoms with Crippen molar-refractivity contribution < 1.29 is 46.7 Å². The molecule has 1 atom stereocenters. The second-order valence-electron chi connectivity index (χ2n) is 11.1. The predicted molar refractivity (Wildman–Crippen MR) is 204 cm³/mol. The summed E-state index contributed by atoms with van der Waals surface area (Å²) in [6.45, 7) is 7.13. The average Bonchev–Trinajstić information content (AvgIpc) is 3.70. The summed E-state index contributed by atoms with van der Waals surface area (Å²) >= 11 is 0.423. The molecule has 22 heteroatoms. The molecule has 0 fully saturated rings. The quantitative estimate of drug-likeness (QED) is 0.0722. The molecule has 1 aromatic carbocycles. The molecule has 1 aliphatic heterocycles. The minimum atomic E-state index is -4.92. The highest BCUT2D eigenvalue weighted by Gasteiger charge is 2.38. The van der Waals surface area contributed by atoms with Gasteiger partial charge in [0.15, 0.2) is 10.8 Å². The Labute approximate surface area is 321 Å². The number of rotatable bonds is 17. The summed E-state index contributed by atoms with van der Waals surface area (Å²) in [7, 11) is 2.58. The van der Waals surface area contributed by atoms with E-state index < -0.39 is 71.4 Å². The largest absolute Gasteiger partial charge is 0.444 e. The molecular weight excluding hydrogens is 770 g/mol. The number of allylic oxidation sites excluding steroid dienone is 1. The number of primary amides is 1. The van der Waals surface area contributed by atoms with E-state index in [0.717, 1.165) is 6.42 Å². The van der Waals surface area contributed by atoms with E-state index in [0.29, 0.717) is 49.4 Å². The molecule has 1 aliphatic rings. The molecule has 17 nitrogen and oxygen atoms in total. The van der Waals surface area contributed by atoms with Gasteiger partial charge in [0.05, 0.1) is 18.0 Å². The van der Waals surface area contributed by atoms with Gasteiger partial charge < -0.3 is 36.6 Å². The first-order valence-corrected chi connectivity index (χ1v) is 18.4. The lowest BCUT2D eigenvalue weighted by atomic mass is 10.2. The fraction of sp³-hybridized carbons (Fsp3) is 0.424. The number of anilines is 2. The van der Waals surface area contributed by atoms with Crippen molar-refractivity contribution in [3.8, 4) is 0 Å². The molecular formula is C33H45F3N9O8PS. The van der Waals surface area contributed by atoms with Crippen LogP contribution in [-0.4, -0.2) is 78.0 Å². The Morgan fingerprint density at radius 2 is 1.60 bits per heavy atom. The van der Waals surface area contributed by atoms with Crippen LogP contribution in [0.1, 0.15) is 56.5 Å². The fourth-order valence-electron chi connectivity index (χ4n) is 4.01. The number of carbonyl (C=O) groups excluding carboxylic acids is 6. The number of alkyl halides is 3. The third-order valence-electron chi connectivity index (χ3n) is 6.52. The Morgan fingerprint density at radius 3 is 2.15 bits per heavy atom. The second-order valence-corrected chi connectivity index (χ2v) is 13.0. The van der Waals surface area contributed by atoms with Crippen molar-refractivity contribution in [2.24, 2.45) is 10.9 Å². The van der Waals surface area contributed by atoms with Gasteiger partial charge in [-0.25, -0.2) is 14.6 Å². The number of benzene rings is 1. The molecule has 0 saturated heterocycles. The molecule has 2 heterocycles. The Hall–Kier alpha value is -5.43. The smallest absolute Gasteiger partial charge is 0.434 e. The van der Waals surface area contributed by atoms with Gasteiger partial charge in [-0.3, -0.25) is 24.5 Å². The van der Waals surface area contributed by atoms with E-state index in [1.54, 1.807) is 6.08 Å². The van der Waals surface area contributed by atoms with Crippen LogP contribution in [0.25, 0.3) is 0 Å². The van der Waals surface area contributed by atoms with Gasteiger partial charge in [0.1, 0.15) is 12.3 Å². The summed E-state index contributed by atoms with van der Waals surface area (Å²) < 4.78 is 45.3. The highest BCUT2D eigenvalue weighted by molar-refractivity contribution is 7.16. The van der Waals surface area contributed by atoms with Gasteiger partial charge in [0, 0.05) is 37.0 Å². The first-order valence-electron chi connectivity index (χ1n) is 16.7. The van der Waals surface area contributed by atoms with Gasteiger partial charge in [0.2, 0.25) is 17.7 Å². The number of nitroso groups, excluding NO2 is 1. The summed E-state index contributed by atoms with van der Waals surface area (Å²) in [4.78, 5) is 84.5. The van der Waals surface area contributed by atoms with Crippen LogP contribution in [0.3, 0.4) is 0 Å². The van der Waals surface area contributed by atoms with Gasteiger partial charge in [-0.15, -0.1) is 14.1 Å². The number of aromatic nitrogens is 1. The lowest BCUT2D eigenvalue weighted by Crippen LogP contribution is -2.40. The number of carbonyl (C=O) groups is 6. The summed E-state index contributed by atoms with van der Waals surface area (Å²) in [5.74, 6) is -2.11. The van der Waals surface area contributed by atoms with Crippen molar-refractivity contribution in [1.29, 1.82) is 0 Å². The number of ether oxygens (including phenoxy) is 1. The molecule has 7 amide bonds. The van der Waals surface area contributed by atoms with Crippen LogP contribution >= 0.6 is 20.6 Å². The zero-order valence-electron chi connectivity index (χ0n) is 30.3. The Morgan fingerprint density at radius 1 is 0.964 bits per heavy atom. The van der Waals surface area contributed by atoms with Gasteiger partial charge in [0.25, 0.3) is 5.91 Å². The summed E-state index contributed by atoms with van der Waals surface area (Å²) in [5.41, 5.74) is 4.29. The van der Waals surface area contributed by atoms with Crippen molar-refractivity contribution in [2.75, 3.05) is 43.0 Å². The summed E-state index contributed by atoms with van der Waals surface area (Å²) in [6, 6.07) is 4.85. The minimum absolute atomic E-state index is 0.103. The van der Waals surface area contributed by atoms with E-state index >= 15 is 0 Å². The molecule has 0 spiro atoms. The third kappa shape index (κ3) is 20.0. The van der Waals surface area contributed by atoms with Gasteiger partial charge in [-0.05, 0) is 60.9 Å².